The van der Waals surface area contributed by atoms with Crippen molar-refractivity contribution in [3.8, 4) is 0 Å². The molecule has 0 spiro atoms. The second kappa shape index (κ2) is 11.9. The summed E-state index contributed by atoms with van der Waals surface area (Å²) >= 11 is 0. The minimum Gasteiger partial charge on any atom is -0.444 e. The Bertz CT molecular complexity index is 1180. The smallest absolute Gasteiger partial charge is 0.410 e. The molecular weight excluding hydrogens is 484 g/mol. The largest absolute Gasteiger partial charge is 0.444 e. The van der Waals surface area contributed by atoms with Crippen LogP contribution in [0.2, 0.25) is 0 Å². The number of hydrogen-bond acceptors (Lipinski definition) is 8. The number of rotatable bonds is 8. The lowest BCUT2D eigenvalue weighted by molar-refractivity contribution is -0.383. The fraction of sp³-hybridized carbons (Fsp3) is 0.393. The summed E-state index contributed by atoms with van der Waals surface area (Å²) in [6.07, 6.45) is 2.26. The molecule has 0 radical (unpaired) electrons. The molecule has 1 aliphatic heterocycles. The molecule has 1 fully saturated rings. The molecule has 1 amide bonds. The van der Waals surface area contributed by atoms with Crippen molar-refractivity contribution in [3.05, 3.63) is 88.2 Å². The third-order valence-electron chi connectivity index (χ3n) is 6.21. The van der Waals surface area contributed by atoms with E-state index >= 15 is 0 Å². The molecule has 38 heavy (non-hydrogen) atoms. The van der Waals surface area contributed by atoms with Gasteiger partial charge >= 0.3 is 11.8 Å². The van der Waals surface area contributed by atoms with E-state index < -0.39 is 10.5 Å². The summed E-state index contributed by atoms with van der Waals surface area (Å²) in [7, 11) is 0. The van der Waals surface area contributed by atoms with Gasteiger partial charge < -0.3 is 19.9 Å². The Kier molecular flexibility index (Phi) is 8.40. The molecule has 0 atom stereocenters. The van der Waals surface area contributed by atoms with Crippen molar-refractivity contribution in [2.24, 2.45) is 0 Å². The van der Waals surface area contributed by atoms with Crippen molar-refractivity contribution < 1.29 is 14.5 Å². The molecule has 10 heteroatoms. The van der Waals surface area contributed by atoms with Crippen molar-refractivity contribution in [1.82, 2.24) is 14.9 Å². The minimum absolute atomic E-state index is 0.0770. The number of nitro groups is 1. The van der Waals surface area contributed by atoms with Gasteiger partial charge in [-0.05, 0) is 44.7 Å². The maximum Gasteiger partial charge on any atom is 0.410 e. The van der Waals surface area contributed by atoms with Crippen LogP contribution in [-0.2, 0) is 17.8 Å². The molecular formula is C28H34N6O4. The van der Waals surface area contributed by atoms with E-state index in [4.69, 9.17) is 4.74 Å². The average molecular weight is 519 g/mol. The van der Waals surface area contributed by atoms with Gasteiger partial charge in [-0.25, -0.2) is 14.8 Å². The number of benzene rings is 2. The van der Waals surface area contributed by atoms with Crippen LogP contribution < -0.4 is 10.2 Å². The summed E-state index contributed by atoms with van der Waals surface area (Å²) in [5.41, 5.74) is 1.31. The Morgan fingerprint density at radius 2 is 1.58 bits per heavy atom. The zero-order valence-electron chi connectivity index (χ0n) is 22.0. The molecule has 3 aromatic rings. The van der Waals surface area contributed by atoms with Gasteiger partial charge in [0, 0.05) is 32.2 Å². The second-order valence-electron chi connectivity index (χ2n) is 10.4. The predicted molar refractivity (Wildman–Crippen MR) is 146 cm³/mol. The van der Waals surface area contributed by atoms with Crippen LogP contribution >= 0.6 is 0 Å². The van der Waals surface area contributed by atoms with Crippen molar-refractivity contribution in [1.29, 1.82) is 0 Å². The predicted octanol–water partition coefficient (Wildman–Crippen LogP) is 5.40. The Hall–Kier alpha value is -4.21. The number of hydrogen-bond donors (Lipinski definition) is 1. The maximum absolute atomic E-state index is 12.4. The lowest BCUT2D eigenvalue weighted by atomic mass is 10.1. The molecule has 0 bridgehead atoms. The molecule has 0 aliphatic carbocycles. The van der Waals surface area contributed by atoms with Crippen molar-refractivity contribution in [3.63, 3.8) is 0 Å². The molecule has 10 nitrogen and oxygen atoms in total. The van der Waals surface area contributed by atoms with E-state index in [0.717, 1.165) is 11.1 Å². The quantitative estimate of drug-likeness (QED) is 0.311. The van der Waals surface area contributed by atoms with Gasteiger partial charge in [0.15, 0.2) is 0 Å². The first-order valence-electron chi connectivity index (χ1n) is 12.8. The number of piperidine rings is 1. The summed E-state index contributed by atoms with van der Waals surface area (Å²) in [5, 5.41) is 15.6. The number of aromatic nitrogens is 2. The first-order valence-corrected chi connectivity index (χ1v) is 12.8. The number of carbonyl (C=O) groups excluding carboxylic acids is 1. The molecule has 2 aromatic carbocycles. The van der Waals surface area contributed by atoms with Gasteiger partial charge in [0.2, 0.25) is 11.6 Å². The highest BCUT2D eigenvalue weighted by molar-refractivity contribution is 5.71. The monoisotopic (exact) mass is 518 g/mol. The highest BCUT2D eigenvalue weighted by atomic mass is 16.6. The van der Waals surface area contributed by atoms with E-state index in [-0.39, 0.29) is 29.5 Å². The van der Waals surface area contributed by atoms with Crippen LogP contribution in [0.4, 0.5) is 22.1 Å². The first-order chi connectivity index (χ1) is 18.2. The first kappa shape index (κ1) is 26.8. The molecule has 1 aliphatic rings. The van der Waals surface area contributed by atoms with Gasteiger partial charge in [0.05, 0.1) is 4.92 Å². The van der Waals surface area contributed by atoms with Gasteiger partial charge in [-0.2, -0.15) is 0 Å². The van der Waals surface area contributed by atoms with Crippen molar-refractivity contribution in [2.45, 2.75) is 58.3 Å². The Morgan fingerprint density at radius 3 is 2.08 bits per heavy atom. The van der Waals surface area contributed by atoms with E-state index in [0.29, 0.717) is 39.0 Å². The number of carbonyl (C=O) groups is 1. The van der Waals surface area contributed by atoms with Gasteiger partial charge in [-0.1, -0.05) is 60.7 Å². The van der Waals surface area contributed by atoms with E-state index in [1.54, 1.807) is 4.90 Å². The third kappa shape index (κ3) is 7.18. The second-order valence-corrected chi connectivity index (χ2v) is 10.4. The lowest BCUT2D eigenvalue weighted by Gasteiger charge is -2.34. The summed E-state index contributed by atoms with van der Waals surface area (Å²) in [4.78, 5) is 36.6. The number of likely N-dealkylation sites (tertiary alicyclic amines) is 1. The molecule has 1 saturated heterocycles. The number of ether oxygens (including phenoxy) is 1. The number of anilines is 2. The van der Waals surface area contributed by atoms with Crippen LogP contribution in [0.25, 0.3) is 0 Å². The SMILES string of the molecule is CC(C)(C)OC(=O)N1CCC(Nc2ncnc(N(Cc3ccccc3)Cc3ccccc3)c2[N+](=O)[O-])CC1. The van der Waals surface area contributed by atoms with Crippen LogP contribution in [0, 0.1) is 10.1 Å². The number of nitrogens with one attached hydrogen (secondary N) is 1. The molecule has 0 unspecified atom stereocenters. The molecule has 4 rings (SSSR count). The molecule has 2 heterocycles. The third-order valence-corrected chi connectivity index (χ3v) is 6.21. The summed E-state index contributed by atoms with van der Waals surface area (Å²) in [6, 6.07) is 19.5. The average Bonchev–Trinajstić information content (AvgIpc) is 2.89. The van der Waals surface area contributed by atoms with Crippen LogP contribution in [0.1, 0.15) is 44.7 Å². The highest BCUT2D eigenvalue weighted by Gasteiger charge is 2.31. The Balaban J connectivity index is 1.55. The lowest BCUT2D eigenvalue weighted by Crippen LogP contribution is -2.44. The maximum atomic E-state index is 12.4. The zero-order chi connectivity index (χ0) is 27.1. The van der Waals surface area contributed by atoms with Crippen molar-refractivity contribution >= 4 is 23.4 Å². The standard InChI is InChI=1S/C28H34N6O4/c1-28(2,3)38-27(35)32-16-14-23(15-17-32)31-25-24(34(36)37)26(30-20-29-25)33(18-21-10-6-4-7-11-21)19-22-12-8-5-9-13-22/h4-13,20,23H,14-19H2,1-3H3,(H,29,30,31). The van der Waals surface area contributed by atoms with E-state index in [1.807, 2.05) is 86.3 Å². The Morgan fingerprint density at radius 1 is 1.03 bits per heavy atom. The summed E-state index contributed by atoms with van der Waals surface area (Å²) < 4.78 is 5.47. The van der Waals surface area contributed by atoms with E-state index in [9.17, 15) is 14.9 Å². The molecule has 1 aromatic heterocycles. The minimum atomic E-state index is -0.560. The summed E-state index contributed by atoms with van der Waals surface area (Å²) in [6.45, 7) is 7.39. The molecule has 1 N–H and O–H groups in total. The molecule has 0 saturated carbocycles. The van der Waals surface area contributed by atoms with Crippen LogP contribution in [0.15, 0.2) is 67.0 Å². The van der Waals surface area contributed by atoms with Gasteiger partial charge in [0.1, 0.15) is 11.9 Å². The van der Waals surface area contributed by atoms with Crippen LogP contribution in [0.3, 0.4) is 0 Å². The van der Waals surface area contributed by atoms with Crippen LogP contribution in [-0.4, -0.2) is 50.6 Å². The fourth-order valence-electron chi connectivity index (χ4n) is 4.41. The Labute approximate surface area is 222 Å². The fourth-order valence-corrected chi connectivity index (χ4v) is 4.41. The van der Waals surface area contributed by atoms with E-state index in [2.05, 4.69) is 15.3 Å². The van der Waals surface area contributed by atoms with Gasteiger partial charge in [-0.3, -0.25) is 10.1 Å². The summed E-state index contributed by atoms with van der Waals surface area (Å²) in [5.74, 6) is 0.438. The molecule has 200 valence electrons. The van der Waals surface area contributed by atoms with Gasteiger partial charge in [-0.15, -0.1) is 0 Å². The zero-order valence-corrected chi connectivity index (χ0v) is 22.0. The number of amides is 1. The normalized spacial score (nSPS) is 14.1. The highest BCUT2D eigenvalue weighted by Crippen LogP contribution is 2.34. The van der Waals surface area contributed by atoms with Crippen molar-refractivity contribution in [2.75, 3.05) is 23.3 Å². The topological polar surface area (TPSA) is 114 Å². The van der Waals surface area contributed by atoms with E-state index in [1.165, 1.54) is 6.33 Å². The number of nitrogens with zero attached hydrogens (tertiary/aromatic N) is 5. The van der Waals surface area contributed by atoms with Gasteiger partial charge in [0.25, 0.3) is 0 Å². The van der Waals surface area contributed by atoms with Crippen LogP contribution in [0.5, 0.6) is 0 Å².